The smallest absolute Gasteiger partial charge is 0.308 e. The lowest BCUT2D eigenvalue weighted by Crippen LogP contribution is -2.10. The van der Waals surface area contributed by atoms with Crippen LogP contribution in [-0.2, 0) is 42.9 Å². The number of ether oxygens (including phenoxy) is 4. The first-order valence-corrected chi connectivity index (χ1v) is 9.91. The van der Waals surface area contributed by atoms with Gasteiger partial charge in [0.05, 0.1) is 19.6 Å². The molecule has 0 aliphatic rings. The number of carbonyl (C=O) groups excluding carboxylic acids is 5. The Morgan fingerprint density at radius 2 is 1.00 bits per heavy atom. The summed E-state index contributed by atoms with van der Waals surface area (Å²) in [7, 11) is 0. The van der Waals surface area contributed by atoms with Gasteiger partial charge in [0.2, 0.25) is 6.79 Å². The zero-order chi connectivity index (χ0) is 21.9. The van der Waals surface area contributed by atoms with Crippen LogP contribution in [0.2, 0.25) is 0 Å². The molecule has 0 saturated heterocycles. The molecule has 0 aliphatic heterocycles. The van der Waals surface area contributed by atoms with Gasteiger partial charge in [-0.3, -0.25) is 19.2 Å². The normalized spacial score (nSPS) is 10.1. The van der Waals surface area contributed by atoms with Gasteiger partial charge in [0.25, 0.3) is 0 Å². The van der Waals surface area contributed by atoms with Crippen LogP contribution in [0.25, 0.3) is 0 Å². The fourth-order valence-corrected chi connectivity index (χ4v) is 2.14. The Bertz CT molecular complexity index is 528. The van der Waals surface area contributed by atoms with Crippen molar-refractivity contribution >= 4 is 29.7 Å². The SMILES string of the molecule is CC(=O)CCC(=O)OCCCCCC(=O)OCCCCCC(=O)OCOC(C)=O. The Hall–Kier alpha value is -2.45. The van der Waals surface area contributed by atoms with Gasteiger partial charge in [-0.15, -0.1) is 0 Å². The number of rotatable bonds is 17. The van der Waals surface area contributed by atoms with E-state index in [-0.39, 0.29) is 50.4 Å². The molecule has 0 rings (SSSR count). The average molecular weight is 416 g/mol. The summed E-state index contributed by atoms with van der Waals surface area (Å²) < 4.78 is 19.3. The molecule has 0 aliphatic carbocycles. The third kappa shape index (κ3) is 20.1. The number of carbonyl (C=O) groups is 5. The number of hydrogen-bond donors (Lipinski definition) is 0. The van der Waals surface area contributed by atoms with Gasteiger partial charge in [-0.2, -0.15) is 0 Å². The molecule has 0 aromatic carbocycles. The van der Waals surface area contributed by atoms with Gasteiger partial charge in [-0.25, -0.2) is 0 Å². The van der Waals surface area contributed by atoms with E-state index in [1.54, 1.807) is 0 Å². The Balaban J connectivity index is 3.42. The first-order valence-electron chi connectivity index (χ1n) is 9.91. The van der Waals surface area contributed by atoms with E-state index in [2.05, 4.69) is 4.74 Å². The molecule has 9 nitrogen and oxygen atoms in total. The van der Waals surface area contributed by atoms with Crippen LogP contribution in [-0.4, -0.2) is 49.7 Å². The Labute approximate surface area is 171 Å². The van der Waals surface area contributed by atoms with Crippen molar-refractivity contribution in [3.05, 3.63) is 0 Å². The third-order valence-corrected chi connectivity index (χ3v) is 3.74. The minimum absolute atomic E-state index is 0.0424. The fraction of sp³-hybridized carbons (Fsp3) is 0.750. The molecule has 0 aromatic rings. The fourth-order valence-electron chi connectivity index (χ4n) is 2.14. The third-order valence-electron chi connectivity index (χ3n) is 3.74. The van der Waals surface area contributed by atoms with Crippen LogP contribution in [0.5, 0.6) is 0 Å². The zero-order valence-electron chi connectivity index (χ0n) is 17.4. The molecule has 29 heavy (non-hydrogen) atoms. The van der Waals surface area contributed by atoms with Crippen LogP contribution in [0, 0.1) is 0 Å². The first kappa shape index (κ1) is 26.6. The van der Waals surface area contributed by atoms with Crippen molar-refractivity contribution in [2.75, 3.05) is 20.0 Å². The van der Waals surface area contributed by atoms with Crippen molar-refractivity contribution in [3.63, 3.8) is 0 Å². The molecule has 0 heterocycles. The maximum Gasteiger partial charge on any atom is 0.308 e. The highest BCUT2D eigenvalue weighted by molar-refractivity contribution is 5.80. The lowest BCUT2D eigenvalue weighted by Gasteiger charge is -2.06. The van der Waals surface area contributed by atoms with E-state index in [0.29, 0.717) is 45.1 Å². The molecule has 0 spiro atoms. The van der Waals surface area contributed by atoms with E-state index in [9.17, 15) is 24.0 Å². The van der Waals surface area contributed by atoms with Crippen LogP contribution in [0.3, 0.4) is 0 Å². The maximum absolute atomic E-state index is 11.6. The molecule has 0 unspecified atom stereocenters. The maximum atomic E-state index is 11.6. The van der Waals surface area contributed by atoms with Gasteiger partial charge in [-0.05, 0) is 45.4 Å². The van der Waals surface area contributed by atoms with Crippen molar-refractivity contribution in [2.24, 2.45) is 0 Å². The Morgan fingerprint density at radius 3 is 1.48 bits per heavy atom. The summed E-state index contributed by atoms with van der Waals surface area (Å²) >= 11 is 0. The summed E-state index contributed by atoms with van der Waals surface area (Å²) in [5.74, 6) is -1.64. The van der Waals surface area contributed by atoms with E-state index in [4.69, 9.17) is 14.2 Å². The van der Waals surface area contributed by atoms with Crippen molar-refractivity contribution in [1.29, 1.82) is 0 Å². The van der Waals surface area contributed by atoms with E-state index >= 15 is 0 Å². The highest BCUT2D eigenvalue weighted by Crippen LogP contribution is 2.05. The van der Waals surface area contributed by atoms with Crippen molar-refractivity contribution in [1.82, 2.24) is 0 Å². The second kappa shape index (κ2) is 17.6. The number of esters is 4. The molecule has 0 fully saturated rings. The quantitative estimate of drug-likeness (QED) is 0.152. The Kier molecular flexibility index (Phi) is 16.1. The predicted octanol–water partition coefficient (Wildman–Crippen LogP) is 2.63. The number of unbranched alkanes of at least 4 members (excludes halogenated alkanes) is 4. The first-order chi connectivity index (χ1) is 13.8. The monoisotopic (exact) mass is 416 g/mol. The van der Waals surface area contributed by atoms with Gasteiger partial charge < -0.3 is 23.7 Å². The van der Waals surface area contributed by atoms with Gasteiger partial charge in [0, 0.05) is 26.2 Å². The second-order valence-electron chi connectivity index (χ2n) is 6.53. The molecule has 0 saturated carbocycles. The van der Waals surface area contributed by atoms with Crippen LogP contribution >= 0.6 is 0 Å². The molecule has 166 valence electrons. The van der Waals surface area contributed by atoms with Crippen LogP contribution in [0.4, 0.5) is 0 Å². The topological polar surface area (TPSA) is 122 Å². The van der Waals surface area contributed by atoms with E-state index in [1.807, 2.05) is 0 Å². The van der Waals surface area contributed by atoms with Gasteiger partial charge >= 0.3 is 23.9 Å². The summed E-state index contributed by atoms with van der Waals surface area (Å²) in [6, 6.07) is 0. The summed E-state index contributed by atoms with van der Waals surface area (Å²) in [6.07, 6.45) is 4.85. The van der Waals surface area contributed by atoms with Crippen LogP contribution < -0.4 is 0 Å². The highest BCUT2D eigenvalue weighted by Gasteiger charge is 2.06. The van der Waals surface area contributed by atoms with E-state index < -0.39 is 11.9 Å². The van der Waals surface area contributed by atoms with Crippen molar-refractivity contribution in [3.8, 4) is 0 Å². The number of ketones is 1. The molecule has 0 bridgehead atoms. The van der Waals surface area contributed by atoms with E-state index in [1.165, 1.54) is 13.8 Å². The molecular weight excluding hydrogens is 384 g/mol. The molecule has 9 heteroatoms. The molecule has 0 aromatic heterocycles. The lowest BCUT2D eigenvalue weighted by atomic mass is 10.2. The summed E-state index contributed by atoms with van der Waals surface area (Å²) in [5, 5.41) is 0. The molecule has 0 atom stereocenters. The largest absolute Gasteiger partial charge is 0.466 e. The van der Waals surface area contributed by atoms with Gasteiger partial charge in [-0.1, -0.05) is 0 Å². The molecular formula is C20H32O9. The molecule has 0 radical (unpaired) electrons. The van der Waals surface area contributed by atoms with Crippen LogP contribution in [0.15, 0.2) is 0 Å². The van der Waals surface area contributed by atoms with E-state index in [0.717, 1.165) is 6.42 Å². The minimum atomic E-state index is -0.510. The highest BCUT2D eigenvalue weighted by atomic mass is 16.7. The van der Waals surface area contributed by atoms with Gasteiger partial charge in [0.1, 0.15) is 5.78 Å². The standard InChI is InChI=1S/C20H32O9/c1-16(21)11-12-20(25)27-14-8-3-5-9-18(23)26-13-7-4-6-10-19(24)29-15-28-17(2)22/h3-15H2,1-2H3. The summed E-state index contributed by atoms with van der Waals surface area (Å²) in [6.45, 7) is 2.88. The van der Waals surface area contributed by atoms with Crippen molar-refractivity contribution < 1.29 is 42.9 Å². The van der Waals surface area contributed by atoms with Gasteiger partial charge in [0.15, 0.2) is 0 Å². The predicted molar refractivity (Wildman–Crippen MR) is 101 cm³/mol. The molecule has 0 amide bonds. The zero-order valence-corrected chi connectivity index (χ0v) is 17.4. The number of hydrogen-bond acceptors (Lipinski definition) is 9. The number of Topliss-reactive ketones (excluding diaryl/α,β-unsaturated/α-hetero) is 1. The molecule has 0 N–H and O–H groups in total. The second-order valence-corrected chi connectivity index (χ2v) is 6.53. The van der Waals surface area contributed by atoms with Crippen LogP contribution in [0.1, 0.15) is 78.1 Å². The lowest BCUT2D eigenvalue weighted by molar-refractivity contribution is -0.165. The summed E-state index contributed by atoms with van der Waals surface area (Å²) in [4.78, 5) is 55.5. The Morgan fingerprint density at radius 1 is 0.517 bits per heavy atom. The minimum Gasteiger partial charge on any atom is -0.466 e. The summed E-state index contributed by atoms with van der Waals surface area (Å²) in [5.41, 5.74) is 0. The average Bonchev–Trinajstić information content (AvgIpc) is 2.65. The van der Waals surface area contributed by atoms with Crippen molar-refractivity contribution in [2.45, 2.75) is 78.1 Å².